The van der Waals surface area contributed by atoms with E-state index in [1.165, 1.54) is 17.0 Å². The second-order valence-corrected chi connectivity index (χ2v) is 11.9. The van der Waals surface area contributed by atoms with E-state index in [1.54, 1.807) is 66.7 Å². The third-order valence-corrected chi connectivity index (χ3v) is 8.89. The van der Waals surface area contributed by atoms with Crippen molar-refractivity contribution in [3.8, 4) is 5.75 Å². The van der Waals surface area contributed by atoms with Gasteiger partial charge in [-0.25, -0.2) is 8.42 Å². The van der Waals surface area contributed by atoms with Crippen molar-refractivity contribution in [1.82, 2.24) is 10.2 Å². The maximum Gasteiger partial charge on any atom is 0.264 e. The minimum atomic E-state index is -4.17. The van der Waals surface area contributed by atoms with E-state index in [2.05, 4.69) is 5.32 Å². The zero-order valence-electron chi connectivity index (χ0n) is 23.9. The topological polar surface area (TPSA) is 96.0 Å². The number of carbonyl (C=O) groups is 2. The highest BCUT2D eigenvalue weighted by atomic mass is 35.5. The fraction of sp³-hybridized carbons (Fsp3) is 0.355. The Morgan fingerprint density at radius 2 is 1.54 bits per heavy atom. The maximum atomic E-state index is 14.1. The number of hydrogen-bond donors (Lipinski definition) is 1. The van der Waals surface area contributed by atoms with Gasteiger partial charge in [0.25, 0.3) is 10.0 Å². The van der Waals surface area contributed by atoms with Gasteiger partial charge in [0.15, 0.2) is 0 Å². The van der Waals surface area contributed by atoms with Crippen molar-refractivity contribution in [2.45, 2.75) is 64.1 Å². The summed E-state index contributed by atoms with van der Waals surface area (Å²) in [5.41, 5.74) is 0.975. The van der Waals surface area contributed by atoms with Crippen molar-refractivity contribution in [3.63, 3.8) is 0 Å². The zero-order chi connectivity index (χ0) is 30.0. The van der Waals surface area contributed by atoms with Gasteiger partial charge in [-0.1, -0.05) is 61.8 Å². The normalized spacial score (nSPS) is 12.7. The van der Waals surface area contributed by atoms with E-state index in [-0.39, 0.29) is 23.4 Å². The average Bonchev–Trinajstić information content (AvgIpc) is 2.97. The first-order chi connectivity index (χ1) is 19.6. The van der Waals surface area contributed by atoms with Crippen LogP contribution in [0.4, 0.5) is 5.69 Å². The molecule has 10 heteroatoms. The van der Waals surface area contributed by atoms with E-state index in [0.717, 1.165) is 10.7 Å². The van der Waals surface area contributed by atoms with Gasteiger partial charge in [-0.2, -0.15) is 0 Å². The van der Waals surface area contributed by atoms with Crippen LogP contribution in [-0.4, -0.2) is 50.4 Å². The fourth-order valence-corrected chi connectivity index (χ4v) is 5.91. The lowest BCUT2D eigenvalue weighted by Crippen LogP contribution is -2.53. The van der Waals surface area contributed by atoms with Gasteiger partial charge in [-0.15, -0.1) is 0 Å². The predicted molar refractivity (Wildman–Crippen MR) is 163 cm³/mol. The molecule has 0 heterocycles. The average molecular weight is 600 g/mol. The number of para-hydroxylation sites is 1. The van der Waals surface area contributed by atoms with Gasteiger partial charge >= 0.3 is 0 Å². The molecule has 0 spiro atoms. The first kappa shape index (κ1) is 32.0. The number of carbonyl (C=O) groups excluding carboxylic acids is 2. The summed E-state index contributed by atoms with van der Waals surface area (Å²) < 4.78 is 34.4. The number of halogens is 1. The van der Waals surface area contributed by atoms with E-state index in [4.69, 9.17) is 16.3 Å². The molecule has 0 aliphatic carbocycles. The van der Waals surface area contributed by atoms with Gasteiger partial charge in [-0.05, 0) is 74.7 Å². The number of hydrogen-bond acceptors (Lipinski definition) is 5. The molecule has 41 heavy (non-hydrogen) atoms. The van der Waals surface area contributed by atoms with Crippen LogP contribution in [0.2, 0.25) is 5.02 Å². The number of benzene rings is 3. The molecule has 0 bridgehead atoms. The van der Waals surface area contributed by atoms with Gasteiger partial charge < -0.3 is 15.0 Å². The Balaban J connectivity index is 2.03. The zero-order valence-corrected chi connectivity index (χ0v) is 25.5. The molecule has 0 aliphatic rings. The smallest absolute Gasteiger partial charge is 0.264 e. The summed E-state index contributed by atoms with van der Waals surface area (Å²) in [5, 5.41) is 3.41. The molecular weight excluding hydrogens is 562 g/mol. The molecule has 1 N–H and O–H groups in total. The summed E-state index contributed by atoms with van der Waals surface area (Å²) in [7, 11) is -4.17. The van der Waals surface area contributed by atoms with E-state index in [9.17, 15) is 18.0 Å². The van der Waals surface area contributed by atoms with Crippen LogP contribution >= 0.6 is 11.6 Å². The molecule has 0 saturated carbocycles. The summed E-state index contributed by atoms with van der Waals surface area (Å²) in [5.74, 6) is -0.296. The molecular formula is C31H38ClN3O5S. The Morgan fingerprint density at radius 3 is 2.12 bits per heavy atom. The number of anilines is 1. The minimum absolute atomic E-state index is 0.0109. The van der Waals surface area contributed by atoms with Crippen molar-refractivity contribution in [2.75, 3.05) is 17.5 Å². The van der Waals surface area contributed by atoms with E-state index >= 15 is 0 Å². The third kappa shape index (κ3) is 8.24. The second-order valence-electron chi connectivity index (χ2n) is 9.61. The molecule has 2 atom stereocenters. The Kier molecular flexibility index (Phi) is 11.6. The van der Waals surface area contributed by atoms with Gasteiger partial charge in [-0.3, -0.25) is 13.9 Å². The molecule has 0 saturated heterocycles. The highest BCUT2D eigenvalue weighted by Gasteiger charge is 2.34. The minimum Gasteiger partial charge on any atom is -0.494 e. The summed E-state index contributed by atoms with van der Waals surface area (Å²) in [4.78, 5) is 28.9. The Hall–Kier alpha value is -3.56. The number of sulfonamides is 1. The van der Waals surface area contributed by atoms with Gasteiger partial charge in [0.1, 0.15) is 18.3 Å². The van der Waals surface area contributed by atoms with E-state index < -0.39 is 28.5 Å². The van der Waals surface area contributed by atoms with Crippen LogP contribution in [0.15, 0.2) is 83.8 Å². The monoisotopic (exact) mass is 599 g/mol. The molecule has 0 aromatic heterocycles. The summed E-state index contributed by atoms with van der Waals surface area (Å²) in [6.07, 6.45) is 1.05. The molecule has 8 nitrogen and oxygen atoms in total. The van der Waals surface area contributed by atoms with Crippen LogP contribution < -0.4 is 14.4 Å². The fourth-order valence-electron chi connectivity index (χ4n) is 4.30. The van der Waals surface area contributed by atoms with E-state index in [1.807, 2.05) is 27.7 Å². The molecule has 3 aromatic rings. The van der Waals surface area contributed by atoms with Gasteiger partial charge in [0.05, 0.1) is 17.2 Å². The third-order valence-electron chi connectivity index (χ3n) is 6.73. The number of nitrogens with one attached hydrogen (secondary N) is 1. The van der Waals surface area contributed by atoms with Gasteiger partial charge in [0.2, 0.25) is 11.8 Å². The predicted octanol–water partition coefficient (Wildman–Crippen LogP) is 5.66. The Bertz CT molecular complexity index is 1400. The molecule has 0 radical (unpaired) electrons. The highest BCUT2D eigenvalue weighted by Crippen LogP contribution is 2.27. The number of rotatable bonds is 14. The van der Waals surface area contributed by atoms with Crippen molar-refractivity contribution >= 4 is 39.1 Å². The molecule has 0 aliphatic heterocycles. The van der Waals surface area contributed by atoms with Crippen molar-refractivity contribution < 1.29 is 22.7 Å². The van der Waals surface area contributed by atoms with Crippen molar-refractivity contribution in [1.29, 1.82) is 0 Å². The van der Waals surface area contributed by atoms with Crippen LogP contribution in [-0.2, 0) is 26.2 Å². The largest absolute Gasteiger partial charge is 0.494 e. The quantitative estimate of drug-likeness (QED) is 0.258. The molecule has 0 fully saturated rings. The molecule has 3 aromatic carbocycles. The lowest BCUT2D eigenvalue weighted by atomic mass is 10.1. The molecule has 3 rings (SSSR count). The molecule has 2 unspecified atom stereocenters. The molecule has 2 amide bonds. The lowest BCUT2D eigenvalue weighted by molar-refractivity contribution is -0.140. The number of nitrogens with zero attached hydrogens (tertiary/aromatic N) is 2. The highest BCUT2D eigenvalue weighted by molar-refractivity contribution is 7.92. The molecule has 220 valence electrons. The van der Waals surface area contributed by atoms with Crippen molar-refractivity contribution in [3.05, 3.63) is 89.4 Å². The number of amides is 2. The van der Waals surface area contributed by atoms with Crippen LogP contribution in [0.3, 0.4) is 0 Å². The van der Waals surface area contributed by atoms with Crippen LogP contribution in [0, 0.1) is 0 Å². The Labute approximate surface area is 248 Å². The lowest BCUT2D eigenvalue weighted by Gasteiger charge is -2.34. The van der Waals surface area contributed by atoms with Crippen LogP contribution in [0.1, 0.15) is 46.1 Å². The summed E-state index contributed by atoms with van der Waals surface area (Å²) in [6, 6.07) is 20.7. The van der Waals surface area contributed by atoms with Crippen LogP contribution in [0.25, 0.3) is 0 Å². The first-order valence-corrected chi connectivity index (χ1v) is 15.6. The Morgan fingerprint density at radius 1 is 0.902 bits per heavy atom. The summed E-state index contributed by atoms with van der Waals surface area (Å²) >= 11 is 6.44. The number of ether oxygens (including phenoxy) is 1. The summed E-state index contributed by atoms with van der Waals surface area (Å²) in [6.45, 7) is 7.48. The van der Waals surface area contributed by atoms with Crippen LogP contribution in [0.5, 0.6) is 5.75 Å². The first-order valence-electron chi connectivity index (χ1n) is 13.8. The standard InChI is InChI=1S/C31H38ClN3O5S/c1-5-23(4)33-31(37)29(6-2)34(21-24-13-11-12-16-28(24)32)30(36)22-35(25-14-9-8-10-15-25)41(38,39)27-19-17-26(18-20-27)40-7-3/h8-20,23,29H,5-7,21-22H2,1-4H3,(H,33,37). The second kappa shape index (κ2) is 14.9. The van der Waals surface area contributed by atoms with Crippen molar-refractivity contribution in [2.24, 2.45) is 0 Å². The maximum absolute atomic E-state index is 14.1. The SMILES string of the molecule is CCOc1ccc(S(=O)(=O)N(CC(=O)N(Cc2ccccc2Cl)C(CC)C(=O)NC(C)CC)c2ccccc2)cc1. The van der Waals surface area contributed by atoms with Gasteiger partial charge in [0, 0.05) is 17.6 Å². The van der Waals surface area contributed by atoms with E-state index in [0.29, 0.717) is 35.1 Å².